The molecule has 1 aromatic heterocycles. The Hall–Kier alpha value is -1.20. The van der Waals surface area contributed by atoms with E-state index in [4.69, 9.17) is 4.74 Å². The van der Waals surface area contributed by atoms with Gasteiger partial charge in [0.1, 0.15) is 0 Å². The summed E-state index contributed by atoms with van der Waals surface area (Å²) in [5.41, 5.74) is 1.11. The van der Waals surface area contributed by atoms with Crippen LogP contribution >= 0.6 is 0 Å². The summed E-state index contributed by atoms with van der Waals surface area (Å²) in [5.74, 6) is 1.59. The summed E-state index contributed by atoms with van der Waals surface area (Å²) >= 11 is 0. The molecule has 1 fully saturated rings. The second-order valence-corrected chi connectivity index (χ2v) is 5.40. The molecule has 2 atom stereocenters. The largest absolute Gasteiger partial charge is 0.383 e. The summed E-state index contributed by atoms with van der Waals surface area (Å²) in [7, 11) is 1.71. The summed E-state index contributed by atoms with van der Waals surface area (Å²) in [4.78, 5) is 11.3. The minimum absolute atomic E-state index is 0.542. The first-order valence-corrected chi connectivity index (χ1v) is 6.98. The van der Waals surface area contributed by atoms with E-state index in [-0.39, 0.29) is 0 Å². The van der Waals surface area contributed by atoms with E-state index < -0.39 is 0 Å². The highest BCUT2D eigenvalue weighted by molar-refractivity contribution is 5.33. The Balaban J connectivity index is 1.87. The van der Waals surface area contributed by atoms with Crippen LogP contribution in [-0.2, 0) is 11.3 Å². The first-order valence-electron chi connectivity index (χ1n) is 6.98. The van der Waals surface area contributed by atoms with Crippen LogP contribution in [0.5, 0.6) is 0 Å². The van der Waals surface area contributed by atoms with Gasteiger partial charge in [0.05, 0.1) is 6.61 Å². The number of nitrogens with one attached hydrogen (secondary N) is 1. The first kappa shape index (κ1) is 14.2. The number of methoxy groups -OCH3 is 1. The summed E-state index contributed by atoms with van der Waals surface area (Å²) < 4.78 is 4.99. The zero-order chi connectivity index (χ0) is 13.7. The van der Waals surface area contributed by atoms with E-state index >= 15 is 0 Å². The van der Waals surface area contributed by atoms with Crippen molar-refractivity contribution in [3.05, 3.63) is 18.0 Å². The second kappa shape index (κ2) is 6.82. The number of hydrogen-bond acceptors (Lipinski definition) is 5. The van der Waals surface area contributed by atoms with Crippen LogP contribution in [0.1, 0.15) is 25.8 Å². The van der Waals surface area contributed by atoms with E-state index in [1.807, 2.05) is 12.4 Å². The van der Waals surface area contributed by atoms with E-state index in [1.54, 1.807) is 7.11 Å². The van der Waals surface area contributed by atoms with Crippen molar-refractivity contribution in [2.45, 2.75) is 32.9 Å². The van der Waals surface area contributed by atoms with Crippen molar-refractivity contribution in [3.63, 3.8) is 0 Å². The highest BCUT2D eigenvalue weighted by Gasteiger charge is 2.27. The molecule has 0 amide bonds. The lowest BCUT2D eigenvalue weighted by molar-refractivity contribution is 0.199. The number of aromatic nitrogens is 2. The van der Waals surface area contributed by atoms with Crippen LogP contribution in [0.15, 0.2) is 12.4 Å². The van der Waals surface area contributed by atoms with Crippen LogP contribution in [0.2, 0.25) is 0 Å². The monoisotopic (exact) mass is 264 g/mol. The molecule has 0 bridgehead atoms. The lowest BCUT2D eigenvalue weighted by atomic mass is 10.1. The zero-order valence-electron chi connectivity index (χ0n) is 12.1. The van der Waals surface area contributed by atoms with Crippen LogP contribution in [0, 0.1) is 5.92 Å². The third-order valence-corrected chi connectivity index (χ3v) is 3.54. The third kappa shape index (κ3) is 3.88. The third-order valence-electron chi connectivity index (χ3n) is 3.54. The fraction of sp³-hybridized carbons (Fsp3) is 0.714. The molecule has 5 nitrogen and oxygen atoms in total. The Kier molecular flexibility index (Phi) is 5.10. The molecule has 1 saturated heterocycles. The van der Waals surface area contributed by atoms with Crippen molar-refractivity contribution in [2.24, 2.45) is 5.92 Å². The number of hydrogen-bond donors (Lipinski definition) is 1. The van der Waals surface area contributed by atoms with Gasteiger partial charge in [-0.2, -0.15) is 0 Å². The lowest BCUT2D eigenvalue weighted by Gasteiger charge is -2.21. The van der Waals surface area contributed by atoms with Crippen molar-refractivity contribution in [1.82, 2.24) is 15.3 Å². The zero-order valence-corrected chi connectivity index (χ0v) is 12.1. The van der Waals surface area contributed by atoms with Crippen LogP contribution in [0.3, 0.4) is 0 Å². The van der Waals surface area contributed by atoms with E-state index in [0.29, 0.717) is 6.04 Å². The van der Waals surface area contributed by atoms with Gasteiger partial charge in [-0.25, -0.2) is 9.97 Å². The quantitative estimate of drug-likeness (QED) is 0.788. The number of nitrogens with zero attached hydrogens (tertiary/aromatic N) is 3. The van der Waals surface area contributed by atoms with Gasteiger partial charge in [0.15, 0.2) is 0 Å². The maximum Gasteiger partial charge on any atom is 0.225 e. The molecule has 1 aliphatic heterocycles. The van der Waals surface area contributed by atoms with Crippen molar-refractivity contribution < 1.29 is 4.74 Å². The molecule has 1 aliphatic rings. The second-order valence-electron chi connectivity index (χ2n) is 5.40. The molecule has 1 N–H and O–H groups in total. The molecule has 0 aromatic carbocycles. The smallest absolute Gasteiger partial charge is 0.225 e. The maximum absolute atomic E-state index is 4.99. The average Bonchev–Trinajstić information content (AvgIpc) is 2.75. The van der Waals surface area contributed by atoms with Gasteiger partial charge in [0.25, 0.3) is 0 Å². The summed E-state index contributed by atoms with van der Waals surface area (Å²) in [6.07, 6.45) is 5.05. The van der Waals surface area contributed by atoms with Gasteiger partial charge >= 0.3 is 0 Å². The Morgan fingerprint density at radius 3 is 2.68 bits per heavy atom. The molecule has 2 unspecified atom stereocenters. The normalized spacial score (nSPS) is 23.0. The molecule has 0 spiro atoms. The van der Waals surface area contributed by atoms with E-state index in [2.05, 4.69) is 34.0 Å². The molecule has 0 saturated carbocycles. The van der Waals surface area contributed by atoms with E-state index in [1.165, 1.54) is 6.42 Å². The van der Waals surface area contributed by atoms with Gasteiger partial charge in [0.2, 0.25) is 5.95 Å². The van der Waals surface area contributed by atoms with Crippen LogP contribution in [0.4, 0.5) is 5.95 Å². The first-order chi connectivity index (χ1) is 9.20. The minimum Gasteiger partial charge on any atom is -0.383 e. The predicted molar refractivity (Wildman–Crippen MR) is 76.2 cm³/mol. The highest BCUT2D eigenvalue weighted by atomic mass is 16.5. The van der Waals surface area contributed by atoms with Gasteiger partial charge in [0, 0.05) is 50.7 Å². The van der Waals surface area contributed by atoms with Gasteiger partial charge in [-0.3, -0.25) is 0 Å². The number of rotatable bonds is 6. The van der Waals surface area contributed by atoms with Gasteiger partial charge in [-0.15, -0.1) is 0 Å². The molecule has 106 valence electrons. The molecule has 1 aromatic rings. The molecule has 2 rings (SSSR count). The van der Waals surface area contributed by atoms with Crippen molar-refractivity contribution in [2.75, 3.05) is 31.7 Å². The fourth-order valence-corrected chi connectivity index (χ4v) is 2.57. The Morgan fingerprint density at radius 1 is 1.37 bits per heavy atom. The van der Waals surface area contributed by atoms with Crippen LogP contribution < -0.4 is 10.2 Å². The molecule has 2 heterocycles. The SMILES string of the molecule is COCCNCc1cnc(N2CC(C)CC2C)nc1. The van der Waals surface area contributed by atoms with Crippen molar-refractivity contribution in [3.8, 4) is 0 Å². The Morgan fingerprint density at radius 2 is 2.11 bits per heavy atom. The van der Waals surface area contributed by atoms with E-state index in [0.717, 1.165) is 43.7 Å². The van der Waals surface area contributed by atoms with E-state index in [9.17, 15) is 0 Å². The van der Waals surface area contributed by atoms with Crippen LogP contribution in [-0.4, -0.2) is 42.8 Å². The lowest BCUT2D eigenvalue weighted by Crippen LogP contribution is -2.28. The minimum atomic E-state index is 0.542. The number of anilines is 1. The van der Waals surface area contributed by atoms with Gasteiger partial charge in [-0.1, -0.05) is 6.92 Å². The Labute approximate surface area is 115 Å². The molecular formula is C14H24N4O. The Bertz CT molecular complexity index is 382. The van der Waals surface area contributed by atoms with Crippen molar-refractivity contribution in [1.29, 1.82) is 0 Å². The summed E-state index contributed by atoms with van der Waals surface area (Å²) in [6.45, 7) is 7.95. The summed E-state index contributed by atoms with van der Waals surface area (Å²) in [5, 5.41) is 3.29. The highest BCUT2D eigenvalue weighted by Crippen LogP contribution is 2.25. The predicted octanol–water partition coefficient (Wildman–Crippen LogP) is 1.45. The fourth-order valence-electron chi connectivity index (χ4n) is 2.57. The van der Waals surface area contributed by atoms with Gasteiger partial charge in [-0.05, 0) is 19.3 Å². The van der Waals surface area contributed by atoms with Crippen LogP contribution in [0.25, 0.3) is 0 Å². The van der Waals surface area contributed by atoms with Crippen molar-refractivity contribution >= 4 is 5.95 Å². The summed E-state index contributed by atoms with van der Waals surface area (Å²) in [6, 6.07) is 0.542. The molecule has 5 heteroatoms. The molecular weight excluding hydrogens is 240 g/mol. The molecule has 0 radical (unpaired) electrons. The maximum atomic E-state index is 4.99. The topological polar surface area (TPSA) is 50.3 Å². The standard InChI is InChI=1S/C14H24N4O/c1-11-6-12(2)18(10-11)14-16-8-13(9-17-14)7-15-4-5-19-3/h8-9,11-12,15H,4-7,10H2,1-3H3. The number of ether oxygens (including phenoxy) is 1. The molecule has 19 heavy (non-hydrogen) atoms. The average molecular weight is 264 g/mol. The molecule has 0 aliphatic carbocycles. The van der Waals surface area contributed by atoms with Gasteiger partial charge < -0.3 is 15.0 Å².